The lowest BCUT2D eigenvalue weighted by Crippen LogP contribution is -2.44. The number of rotatable bonds is 4. The van der Waals surface area contributed by atoms with E-state index in [2.05, 4.69) is 4.74 Å². The number of nitrogens with two attached hydrogens (primary N) is 1. The molecule has 0 amide bonds. The van der Waals surface area contributed by atoms with Crippen LogP contribution in [0.2, 0.25) is 0 Å². The second-order valence-corrected chi connectivity index (χ2v) is 4.04. The van der Waals surface area contributed by atoms with Gasteiger partial charge in [-0.25, -0.2) is 4.39 Å². The number of benzene rings is 1. The first kappa shape index (κ1) is 17.2. The molecule has 0 bridgehead atoms. The molecule has 3 N–H and O–H groups in total. The smallest absolute Gasteiger partial charge is 0.384 e. The molecule has 3 nitrogen and oxygen atoms in total. The Morgan fingerprint density at radius 1 is 1.10 bits per heavy atom. The molecule has 0 aliphatic heterocycles. The van der Waals surface area contributed by atoms with Crippen LogP contribution in [0, 0.1) is 11.2 Å². The zero-order chi connectivity index (χ0) is 16.4. The van der Waals surface area contributed by atoms with Crippen LogP contribution in [-0.4, -0.2) is 24.3 Å². The molecule has 0 fully saturated rings. The van der Waals surface area contributed by atoms with Gasteiger partial charge in [0.05, 0.1) is 6.61 Å². The number of nitrogens with one attached hydrogen (secondary N) is 1. The number of halogens is 7. The van der Waals surface area contributed by atoms with Gasteiger partial charge >= 0.3 is 12.4 Å². The van der Waals surface area contributed by atoms with Crippen molar-refractivity contribution in [1.82, 2.24) is 0 Å². The van der Waals surface area contributed by atoms with E-state index >= 15 is 0 Å². The van der Waals surface area contributed by atoms with Crippen LogP contribution in [0.15, 0.2) is 18.2 Å². The topological polar surface area (TPSA) is 59.1 Å². The maximum Gasteiger partial charge on any atom is 0.423 e. The van der Waals surface area contributed by atoms with Gasteiger partial charge in [0, 0.05) is 5.56 Å². The molecule has 0 spiro atoms. The molecular weight excluding hydrogens is 309 g/mol. The van der Waals surface area contributed by atoms with Gasteiger partial charge in [-0.15, -0.1) is 0 Å². The standard InChI is InChI=1S/C11H9F7N2O/c12-7-2-5(1-6(3-7)8(19)20)4-21-9(10(13,14)15)11(16,17)18/h1-3,9H,4H2,(H3,19,20). The molecule has 0 saturated carbocycles. The first-order valence-electron chi connectivity index (χ1n) is 5.30. The quantitative estimate of drug-likeness (QED) is 0.509. The van der Waals surface area contributed by atoms with Gasteiger partial charge in [-0.05, 0) is 23.8 Å². The van der Waals surface area contributed by atoms with E-state index in [0.717, 1.165) is 12.1 Å². The maximum atomic E-state index is 13.1. The fourth-order valence-corrected chi connectivity index (χ4v) is 1.44. The van der Waals surface area contributed by atoms with Crippen LogP contribution < -0.4 is 5.73 Å². The highest BCUT2D eigenvalue weighted by Gasteiger charge is 2.57. The van der Waals surface area contributed by atoms with Crippen molar-refractivity contribution in [3.8, 4) is 0 Å². The lowest BCUT2D eigenvalue weighted by molar-refractivity contribution is -0.324. The number of ether oxygens (including phenoxy) is 1. The minimum Gasteiger partial charge on any atom is -0.384 e. The normalized spacial score (nSPS) is 12.8. The average Bonchev–Trinajstić information content (AvgIpc) is 2.24. The molecule has 10 heteroatoms. The van der Waals surface area contributed by atoms with Crippen LogP contribution in [0.25, 0.3) is 0 Å². The van der Waals surface area contributed by atoms with E-state index in [1.54, 1.807) is 0 Å². The zero-order valence-corrected chi connectivity index (χ0v) is 10.1. The molecular formula is C11H9F7N2O. The SMILES string of the molecule is N=C(N)c1cc(F)cc(COC(C(F)(F)F)C(F)(F)F)c1. The number of hydrogen-bond acceptors (Lipinski definition) is 2. The van der Waals surface area contributed by atoms with Crippen molar-refractivity contribution >= 4 is 5.84 Å². The van der Waals surface area contributed by atoms with E-state index in [1.165, 1.54) is 0 Å². The predicted octanol–water partition coefficient (Wildman–Crippen LogP) is 3.12. The third-order valence-electron chi connectivity index (χ3n) is 2.28. The summed E-state index contributed by atoms with van der Waals surface area (Å²) in [4.78, 5) is 0. The van der Waals surface area contributed by atoms with Gasteiger partial charge in [0.1, 0.15) is 11.7 Å². The summed E-state index contributed by atoms with van der Waals surface area (Å²) in [6, 6.07) is 2.47. The Bertz CT molecular complexity index is 510. The molecule has 0 aliphatic rings. The van der Waals surface area contributed by atoms with E-state index < -0.39 is 36.7 Å². The summed E-state index contributed by atoms with van der Waals surface area (Å²) in [6.07, 6.45) is -15.3. The largest absolute Gasteiger partial charge is 0.423 e. The van der Waals surface area contributed by atoms with Gasteiger partial charge in [0.25, 0.3) is 0 Å². The summed E-state index contributed by atoms with van der Waals surface area (Å²) in [5.74, 6) is -1.55. The molecule has 0 unspecified atom stereocenters. The molecule has 0 aliphatic carbocycles. The molecule has 0 heterocycles. The maximum absolute atomic E-state index is 13.1. The average molecular weight is 318 g/mol. The van der Waals surface area contributed by atoms with Gasteiger partial charge in [0.2, 0.25) is 6.10 Å². The monoisotopic (exact) mass is 318 g/mol. The van der Waals surface area contributed by atoms with Crippen molar-refractivity contribution < 1.29 is 35.5 Å². The first-order valence-corrected chi connectivity index (χ1v) is 5.30. The van der Waals surface area contributed by atoms with E-state index in [0.29, 0.717) is 6.07 Å². The van der Waals surface area contributed by atoms with E-state index in [4.69, 9.17) is 11.1 Å². The molecule has 21 heavy (non-hydrogen) atoms. The number of amidine groups is 1. The minimum atomic E-state index is -5.64. The summed E-state index contributed by atoms with van der Waals surface area (Å²) >= 11 is 0. The van der Waals surface area contributed by atoms with Gasteiger partial charge in [-0.3, -0.25) is 5.41 Å². The lowest BCUT2D eigenvalue weighted by atomic mass is 10.1. The number of nitrogen functional groups attached to an aromatic ring is 1. The van der Waals surface area contributed by atoms with E-state index in [-0.39, 0.29) is 11.1 Å². The third kappa shape index (κ3) is 4.88. The number of alkyl halides is 6. The summed E-state index contributed by atoms with van der Waals surface area (Å²) in [6.45, 7) is -1.14. The fraction of sp³-hybridized carbons (Fsp3) is 0.364. The fourth-order valence-electron chi connectivity index (χ4n) is 1.44. The van der Waals surface area contributed by atoms with Crippen LogP contribution in [-0.2, 0) is 11.3 Å². The van der Waals surface area contributed by atoms with Gasteiger partial charge < -0.3 is 10.5 Å². The molecule has 0 aromatic heterocycles. The van der Waals surface area contributed by atoms with Gasteiger partial charge in [0.15, 0.2) is 0 Å². The Labute approximate surface area is 114 Å². The first-order chi connectivity index (χ1) is 9.41. The molecule has 1 aromatic carbocycles. The summed E-state index contributed by atoms with van der Waals surface area (Å²) in [5, 5.41) is 7.05. The van der Waals surface area contributed by atoms with Crippen molar-refractivity contribution in [2.45, 2.75) is 25.1 Å². The molecule has 0 saturated heterocycles. The second-order valence-electron chi connectivity index (χ2n) is 4.04. The van der Waals surface area contributed by atoms with Crippen LogP contribution >= 0.6 is 0 Å². The highest BCUT2D eigenvalue weighted by atomic mass is 19.4. The Kier molecular flexibility index (Phi) is 4.82. The summed E-state index contributed by atoms with van der Waals surface area (Å²) < 4.78 is 90.3. The highest BCUT2D eigenvalue weighted by molar-refractivity contribution is 5.95. The van der Waals surface area contributed by atoms with E-state index in [1.807, 2.05) is 0 Å². The summed E-state index contributed by atoms with van der Waals surface area (Å²) in [5.41, 5.74) is 4.58. The Balaban J connectivity index is 2.93. The van der Waals surface area contributed by atoms with Crippen molar-refractivity contribution in [3.63, 3.8) is 0 Å². The van der Waals surface area contributed by atoms with Crippen LogP contribution in [0.3, 0.4) is 0 Å². The van der Waals surface area contributed by atoms with Crippen molar-refractivity contribution in [2.75, 3.05) is 0 Å². The van der Waals surface area contributed by atoms with Gasteiger partial charge in [-0.2, -0.15) is 26.3 Å². The van der Waals surface area contributed by atoms with E-state index in [9.17, 15) is 30.7 Å². The zero-order valence-electron chi connectivity index (χ0n) is 10.1. The Hall–Kier alpha value is -1.84. The molecule has 1 aromatic rings. The Morgan fingerprint density at radius 3 is 2.05 bits per heavy atom. The third-order valence-corrected chi connectivity index (χ3v) is 2.28. The van der Waals surface area contributed by atoms with Crippen molar-refractivity contribution in [1.29, 1.82) is 5.41 Å². The van der Waals surface area contributed by atoms with Gasteiger partial charge in [-0.1, -0.05) is 0 Å². The molecule has 0 radical (unpaired) electrons. The lowest BCUT2D eigenvalue weighted by Gasteiger charge is -2.23. The second kappa shape index (κ2) is 5.88. The van der Waals surface area contributed by atoms with Crippen LogP contribution in [0.4, 0.5) is 30.7 Å². The molecule has 0 atom stereocenters. The van der Waals surface area contributed by atoms with Crippen LogP contribution in [0.5, 0.6) is 0 Å². The molecule has 1 rings (SSSR count). The Morgan fingerprint density at radius 2 is 1.62 bits per heavy atom. The van der Waals surface area contributed by atoms with Crippen molar-refractivity contribution in [2.24, 2.45) is 5.73 Å². The minimum absolute atomic E-state index is 0.177. The molecule has 118 valence electrons. The van der Waals surface area contributed by atoms with Crippen molar-refractivity contribution in [3.05, 3.63) is 35.1 Å². The predicted molar refractivity (Wildman–Crippen MR) is 58.1 cm³/mol. The summed E-state index contributed by atoms with van der Waals surface area (Å²) in [7, 11) is 0. The van der Waals surface area contributed by atoms with Crippen LogP contribution in [0.1, 0.15) is 11.1 Å². The number of hydrogen-bond donors (Lipinski definition) is 2. The highest BCUT2D eigenvalue weighted by Crippen LogP contribution is 2.36.